The van der Waals surface area contributed by atoms with Crippen LogP contribution in [0.3, 0.4) is 0 Å². The molecule has 0 aliphatic carbocycles. The van der Waals surface area contributed by atoms with E-state index in [1.54, 1.807) is 41.0 Å². The highest BCUT2D eigenvalue weighted by Crippen LogP contribution is 2.33. The Labute approximate surface area is 152 Å². The number of nitrogens with two attached hydrogens (primary N) is 1. The summed E-state index contributed by atoms with van der Waals surface area (Å²) in [5.41, 5.74) is 7.43. The Morgan fingerprint density at radius 3 is 2.58 bits per heavy atom. The third kappa shape index (κ3) is 2.52. The summed E-state index contributed by atoms with van der Waals surface area (Å²) in [5, 5.41) is 1.32. The first kappa shape index (κ1) is 16.5. The van der Waals surface area contributed by atoms with Crippen molar-refractivity contribution in [2.45, 2.75) is 6.54 Å². The number of hydrogen-bond donors (Lipinski definition) is 1. The molecule has 0 fully saturated rings. The molecular formula is C20H13ClF2N2O. The normalized spacial score (nSPS) is 11.3. The van der Waals surface area contributed by atoms with Crippen LogP contribution in [0.15, 0.2) is 54.6 Å². The van der Waals surface area contributed by atoms with E-state index in [0.717, 1.165) is 0 Å². The van der Waals surface area contributed by atoms with Gasteiger partial charge in [0.25, 0.3) is 0 Å². The number of rotatable bonds is 3. The molecule has 4 rings (SSSR count). The van der Waals surface area contributed by atoms with Crippen LogP contribution in [0.1, 0.15) is 15.9 Å². The Morgan fingerprint density at radius 2 is 1.81 bits per heavy atom. The van der Waals surface area contributed by atoms with Crippen molar-refractivity contribution < 1.29 is 13.6 Å². The van der Waals surface area contributed by atoms with Gasteiger partial charge < -0.3 is 10.3 Å². The first-order chi connectivity index (χ1) is 12.5. The summed E-state index contributed by atoms with van der Waals surface area (Å²) in [5.74, 6) is -1.52. The molecule has 0 saturated heterocycles. The van der Waals surface area contributed by atoms with Gasteiger partial charge in [0, 0.05) is 21.9 Å². The lowest BCUT2D eigenvalue weighted by molar-refractivity contribution is 0.100. The molecule has 3 aromatic carbocycles. The third-order valence-corrected chi connectivity index (χ3v) is 4.77. The fourth-order valence-electron chi connectivity index (χ4n) is 3.33. The van der Waals surface area contributed by atoms with Crippen molar-refractivity contribution in [3.63, 3.8) is 0 Å². The maximum absolute atomic E-state index is 14.4. The van der Waals surface area contributed by atoms with Gasteiger partial charge in [-0.1, -0.05) is 29.8 Å². The van der Waals surface area contributed by atoms with Gasteiger partial charge >= 0.3 is 0 Å². The first-order valence-corrected chi connectivity index (χ1v) is 8.28. The van der Waals surface area contributed by atoms with Gasteiger partial charge in [-0.05, 0) is 36.4 Å². The highest BCUT2D eigenvalue weighted by Gasteiger charge is 2.18. The number of primary amides is 1. The molecule has 0 saturated carbocycles. The number of amides is 1. The summed E-state index contributed by atoms with van der Waals surface area (Å²) in [6.07, 6.45) is 0. The molecule has 3 nitrogen and oxygen atoms in total. The molecule has 26 heavy (non-hydrogen) atoms. The van der Waals surface area contributed by atoms with E-state index >= 15 is 0 Å². The summed E-state index contributed by atoms with van der Waals surface area (Å²) in [7, 11) is 0. The summed E-state index contributed by atoms with van der Waals surface area (Å²) >= 11 is 5.88. The van der Waals surface area contributed by atoms with Crippen molar-refractivity contribution in [1.82, 2.24) is 4.57 Å². The van der Waals surface area contributed by atoms with Crippen LogP contribution in [-0.4, -0.2) is 10.5 Å². The molecule has 0 bridgehead atoms. The molecule has 0 aliphatic heterocycles. The fourth-order valence-corrected chi connectivity index (χ4v) is 3.53. The van der Waals surface area contributed by atoms with Gasteiger partial charge in [0.2, 0.25) is 5.91 Å². The minimum atomic E-state index is -0.576. The van der Waals surface area contributed by atoms with E-state index < -0.39 is 17.5 Å². The number of benzene rings is 3. The van der Waals surface area contributed by atoms with Crippen LogP contribution in [0, 0.1) is 11.6 Å². The monoisotopic (exact) mass is 370 g/mol. The molecule has 0 spiro atoms. The molecule has 1 aromatic heterocycles. The van der Waals surface area contributed by atoms with Crippen LogP contribution in [0.5, 0.6) is 0 Å². The van der Waals surface area contributed by atoms with E-state index in [-0.39, 0.29) is 11.6 Å². The number of halogens is 3. The Morgan fingerprint density at radius 1 is 1.04 bits per heavy atom. The standard InChI is InChI=1S/C20H13ClF2N2O/c21-15-5-1-3-11(19(15)23)10-25-16-6-2-4-14(20(24)26)18(16)13-8-7-12(22)9-17(13)25/h1-9H,10H2,(H2,24,26). The Hall–Kier alpha value is -2.92. The molecule has 1 amide bonds. The van der Waals surface area contributed by atoms with Crippen LogP contribution >= 0.6 is 11.6 Å². The zero-order valence-corrected chi connectivity index (χ0v) is 14.2. The number of aromatic nitrogens is 1. The number of hydrogen-bond acceptors (Lipinski definition) is 1. The zero-order chi connectivity index (χ0) is 18.4. The van der Waals surface area contributed by atoms with Crippen LogP contribution < -0.4 is 5.73 Å². The molecule has 0 radical (unpaired) electrons. The summed E-state index contributed by atoms with van der Waals surface area (Å²) in [6.45, 7) is 0.137. The molecule has 1 heterocycles. The summed E-state index contributed by atoms with van der Waals surface area (Å²) in [4.78, 5) is 11.9. The predicted molar refractivity (Wildman–Crippen MR) is 98.4 cm³/mol. The number of carbonyl (C=O) groups is 1. The van der Waals surface area contributed by atoms with Crippen molar-refractivity contribution in [1.29, 1.82) is 0 Å². The zero-order valence-electron chi connectivity index (χ0n) is 13.5. The van der Waals surface area contributed by atoms with E-state index in [1.807, 2.05) is 0 Å². The maximum atomic E-state index is 14.4. The minimum absolute atomic E-state index is 0.0206. The van der Waals surface area contributed by atoms with E-state index in [1.165, 1.54) is 18.2 Å². The summed E-state index contributed by atoms with van der Waals surface area (Å²) in [6, 6.07) is 14.1. The van der Waals surface area contributed by atoms with Crippen LogP contribution in [0.25, 0.3) is 21.8 Å². The first-order valence-electron chi connectivity index (χ1n) is 7.90. The van der Waals surface area contributed by atoms with E-state index in [4.69, 9.17) is 17.3 Å². The van der Waals surface area contributed by atoms with Crippen molar-refractivity contribution in [3.8, 4) is 0 Å². The van der Waals surface area contributed by atoms with Crippen molar-refractivity contribution in [2.24, 2.45) is 5.73 Å². The van der Waals surface area contributed by atoms with E-state index in [0.29, 0.717) is 32.9 Å². The largest absolute Gasteiger partial charge is 0.366 e. The molecule has 2 N–H and O–H groups in total. The van der Waals surface area contributed by atoms with Gasteiger partial charge in [0.15, 0.2) is 0 Å². The van der Waals surface area contributed by atoms with Crippen LogP contribution in [0.4, 0.5) is 8.78 Å². The number of carbonyl (C=O) groups excluding carboxylic acids is 1. The second-order valence-electron chi connectivity index (χ2n) is 6.02. The highest BCUT2D eigenvalue weighted by atomic mass is 35.5. The predicted octanol–water partition coefficient (Wildman–Crippen LogP) is 4.87. The second-order valence-corrected chi connectivity index (χ2v) is 6.43. The minimum Gasteiger partial charge on any atom is -0.366 e. The molecule has 6 heteroatoms. The molecule has 0 aliphatic rings. The quantitative estimate of drug-likeness (QED) is 0.549. The van der Waals surface area contributed by atoms with Crippen molar-refractivity contribution in [2.75, 3.05) is 0 Å². The molecule has 0 unspecified atom stereocenters. The molecule has 4 aromatic rings. The van der Waals surface area contributed by atoms with Crippen LogP contribution in [0.2, 0.25) is 5.02 Å². The number of fused-ring (bicyclic) bond motifs is 3. The lowest BCUT2D eigenvalue weighted by atomic mass is 10.1. The Bertz CT molecular complexity index is 1180. The third-order valence-electron chi connectivity index (χ3n) is 4.48. The van der Waals surface area contributed by atoms with Crippen molar-refractivity contribution >= 4 is 39.3 Å². The lowest BCUT2D eigenvalue weighted by Gasteiger charge is -2.10. The topological polar surface area (TPSA) is 48.0 Å². The molecule has 0 atom stereocenters. The summed E-state index contributed by atoms with van der Waals surface area (Å²) < 4.78 is 30.0. The SMILES string of the molecule is NC(=O)c1cccc2c1c1ccc(F)cc1n2Cc1cccc(Cl)c1F. The average Bonchev–Trinajstić information content (AvgIpc) is 2.92. The van der Waals surface area contributed by atoms with Gasteiger partial charge in [-0.3, -0.25) is 4.79 Å². The average molecular weight is 371 g/mol. The van der Waals surface area contributed by atoms with Gasteiger partial charge in [-0.2, -0.15) is 0 Å². The van der Waals surface area contributed by atoms with Crippen molar-refractivity contribution in [3.05, 3.63) is 82.4 Å². The highest BCUT2D eigenvalue weighted by molar-refractivity contribution is 6.30. The second kappa shape index (κ2) is 6.11. The van der Waals surface area contributed by atoms with Crippen LogP contribution in [-0.2, 0) is 6.54 Å². The molecular weight excluding hydrogens is 358 g/mol. The Balaban J connectivity index is 2.07. The maximum Gasteiger partial charge on any atom is 0.249 e. The lowest BCUT2D eigenvalue weighted by Crippen LogP contribution is -2.11. The smallest absolute Gasteiger partial charge is 0.249 e. The van der Waals surface area contributed by atoms with Gasteiger partial charge in [0.1, 0.15) is 11.6 Å². The van der Waals surface area contributed by atoms with Gasteiger partial charge in [-0.25, -0.2) is 8.78 Å². The van der Waals surface area contributed by atoms with E-state index in [2.05, 4.69) is 0 Å². The Kier molecular flexibility index (Phi) is 3.89. The van der Waals surface area contributed by atoms with Gasteiger partial charge in [-0.15, -0.1) is 0 Å². The van der Waals surface area contributed by atoms with E-state index in [9.17, 15) is 13.6 Å². The molecule has 130 valence electrons. The number of nitrogens with zero attached hydrogens (tertiary/aromatic N) is 1. The van der Waals surface area contributed by atoms with Gasteiger partial charge in [0.05, 0.1) is 22.6 Å². The fraction of sp³-hybridized carbons (Fsp3) is 0.0500.